The molecular formula is C24H23ClN4O2S. The molecule has 0 spiro atoms. The Morgan fingerprint density at radius 1 is 1.06 bits per heavy atom. The van der Waals surface area contributed by atoms with Gasteiger partial charge in [0.1, 0.15) is 5.00 Å². The predicted octanol–water partition coefficient (Wildman–Crippen LogP) is 6.47. The highest BCUT2D eigenvalue weighted by Gasteiger charge is 2.26. The topological polar surface area (TPSA) is 80.0 Å². The van der Waals surface area contributed by atoms with Gasteiger partial charge in [0.05, 0.1) is 12.3 Å². The molecule has 0 aliphatic carbocycles. The Hall–Kier alpha value is -3.16. The summed E-state index contributed by atoms with van der Waals surface area (Å²) in [7, 11) is 0. The summed E-state index contributed by atoms with van der Waals surface area (Å²) in [6.07, 6.45) is 1.48. The van der Waals surface area contributed by atoms with Crippen molar-refractivity contribution in [3.8, 4) is 0 Å². The maximum absolute atomic E-state index is 12.7. The van der Waals surface area contributed by atoms with E-state index in [1.807, 2.05) is 58.0 Å². The van der Waals surface area contributed by atoms with E-state index in [2.05, 4.69) is 20.6 Å². The molecule has 6 nitrogen and oxygen atoms in total. The molecule has 4 rings (SSSR count). The molecule has 0 saturated heterocycles. The van der Waals surface area contributed by atoms with Gasteiger partial charge in [0.2, 0.25) is 5.95 Å². The van der Waals surface area contributed by atoms with E-state index in [-0.39, 0.29) is 17.7 Å². The van der Waals surface area contributed by atoms with E-state index in [9.17, 15) is 4.79 Å². The van der Waals surface area contributed by atoms with E-state index >= 15 is 0 Å². The van der Waals surface area contributed by atoms with Gasteiger partial charge >= 0.3 is 0 Å². The molecular weight excluding hydrogens is 444 g/mol. The van der Waals surface area contributed by atoms with Gasteiger partial charge in [-0.05, 0) is 69.2 Å². The zero-order valence-electron chi connectivity index (χ0n) is 18.2. The molecule has 1 amide bonds. The average Bonchev–Trinajstić information content (AvgIpc) is 3.35. The van der Waals surface area contributed by atoms with Gasteiger partial charge in [0.15, 0.2) is 5.76 Å². The Balaban J connectivity index is 1.81. The van der Waals surface area contributed by atoms with Crippen LogP contribution in [-0.2, 0) is 0 Å². The maximum Gasteiger partial charge on any atom is 0.291 e. The number of hydrogen-bond acceptors (Lipinski definition) is 6. The molecule has 1 aromatic carbocycles. The fraction of sp³-hybridized carbons (Fsp3) is 0.208. The minimum absolute atomic E-state index is 0.254. The van der Waals surface area contributed by atoms with Crippen LogP contribution in [0.3, 0.4) is 0 Å². The van der Waals surface area contributed by atoms with Gasteiger partial charge in [-0.3, -0.25) is 4.79 Å². The number of halogens is 1. The standard InChI is InChI=1S/C24H23ClN4O2S/c1-13-11-14(2)27-24(26-13)28-21(17-7-5-8-18(25)12-17)20-15(3)16(4)32-23(20)29-22(30)19-9-6-10-31-19/h5-12,21H,1-4H3,(H,29,30)(H,26,27,28)/t21-/m1/s1. The van der Waals surface area contributed by atoms with E-state index in [1.54, 1.807) is 12.1 Å². The van der Waals surface area contributed by atoms with Gasteiger partial charge in [-0.1, -0.05) is 23.7 Å². The minimum Gasteiger partial charge on any atom is -0.459 e. The number of thiophene rings is 1. The van der Waals surface area contributed by atoms with Crippen molar-refractivity contribution < 1.29 is 9.21 Å². The lowest BCUT2D eigenvalue weighted by atomic mass is 9.96. The summed E-state index contributed by atoms with van der Waals surface area (Å²) >= 11 is 7.85. The number of nitrogens with one attached hydrogen (secondary N) is 2. The molecule has 0 aliphatic rings. The Labute approximate surface area is 195 Å². The molecule has 4 aromatic rings. The van der Waals surface area contributed by atoms with Gasteiger partial charge in [-0.25, -0.2) is 9.97 Å². The van der Waals surface area contributed by atoms with E-state index in [0.29, 0.717) is 11.0 Å². The number of hydrogen-bond donors (Lipinski definition) is 2. The van der Waals surface area contributed by atoms with Gasteiger partial charge in [-0.15, -0.1) is 11.3 Å². The molecule has 32 heavy (non-hydrogen) atoms. The number of carbonyl (C=O) groups is 1. The molecule has 0 bridgehead atoms. The number of amides is 1. The van der Waals surface area contributed by atoms with Gasteiger partial charge in [0.25, 0.3) is 5.91 Å². The van der Waals surface area contributed by atoms with Crippen molar-refractivity contribution in [1.29, 1.82) is 0 Å². The Morgan fingerprint density at radius 3 is 2.47 bits per heavy atom. The molecule has 0 radical (unpaired) electrons. The quantitative estimate of drug-likeness (QED) is 0.340. The normalized spacial score (nSPS) is 11.9. The van der Waals surface area contributed by atoms with Gasteiger partial charge < -0.3 is 15.1 Å². The molecule has 0 aliphatic heterocycles. The van der Waals surface area contributed by atoms with Crippen LogP contribution in [0, 0.1) is 27.7 Å². The predicted molar refractivity (Wildman–Crippen MR) is 129 cm³/mol. The van der Waals surface area contributed by atoms with Crippen LogP contribution in [0.15, 0.2) is 53.1 Å². The van der Waals surface area contributed by atoms with Crippen molar-refractivity contribution in [2.45, 2.75) is 33.7 Å². The highest BCUT2D eigenvalue weighted by atomic mass is 35.5. The van der Waals surface area contributed by atoms with Gasteiger partial charge in [-0.2, -0.15) is 0 Å². The summed E-state index contributed by atoms with van der Waals surface area (Å²) in [5, 5.41) is 7.86. The first-order chi connectivity index (χ1) is 15.3. The largest absolute Gasteiger partial charge is 0.459 e. The van der Waals surface area contributed by atoms with Crippen molar-refractivity contribution in [3.63, 3.8) is 0 Å². The third kappa shape index (κ3) is 4.69. The van der Waals surface area contributed by atoms with Crippen molar-refractivity contribution in [2.75, 3.05) is 10.6 Å². The smallest absolute Gasteiger partial charge is 0.291 e. The molecule has 164 valence electrons. The van der Waals surface area contributed by atoms with Crippen molar-refractivity contribution in [1.82, 2.24) is 9.97 Å². The third-order valence-electron chi connectivity index (χ3n) is 5.13. The first-order valence-electron chi connectivity index (χ1n) is 10.1. The Kier molecular flexibility index (Phi) is 6.30. The monoisotopic (exact) mass is 466 g/mol. The van der Waals surface area contributed by atoms with Crippen LogP contribution in [0.5, 0.6) is 0 Å². The van der Waals surface area contributed by atoms with Crippen LogP contribution in [0.4, 0.5) is 10.9 Å². The third-order valence-corrected chi connectivity index (χ3v) is 6.50. The van der Waals surface area contributed by atoms with Crippen LogP contribution >= 0.6 is 22.9 Å². The maximum atomic E-state index is 12.7. The molecule has 0 saturated carbocycles. The summed E-state index contributed by atoms with van der Waals surface area (Å²) in [5.74, 6) is 0.466. The van der Waals surface area contributed by atoms with Crippen LogP contribution < -0.4 is 10.6 Å². The van der Waals surface area contributed by atoms with Crippen LogP contribution in [0.1, 0.15) is 49.6 Å². The first kappa shape index (κ1) is 22.0. The first-order valence-corrected chi connectivity index (χ1v) is 11.3. The molecule has 2 N–H and O–H groups in total. The molecule has 3 heterocycles. The van der Waals surface area contributed by atoms with Crippen molar-refractivity contribution in [3.05, 3.63) is 92.5 Å². The van der Waals surface area contributed by atoms with E-state index < -0.39 is 0 Å². The summed E-state index contributed by atoms with van der Waals surface area (Å²) < 4.78 is 5.27. The zero-order valence-corrected chi connectivity index (χ0v) is 19.8. The number of furan rings is 1. The number of carbonyl (C=O) groups excluding carboxylic acids is 1. The fourth-order valence-electron chi connectivity index (χ4n) is 3.59. The number of aromatic nitrogens is 2. The Morgan fingerprint density at radius 2 is 1.81 bits per heavy atom. The minimum atomic E-state index is -0.327. The van der Waals surface area contributed by atoms with Gasteiger partial charge in [0, 0.05) is 26.9 Å². The fourth-order valence-corrected chi connectivity index (χ4v) is 4.88. The van der Waals surface area contributed by atoms with E-state index in [0.717, 1.165) is 38.0 Å². The second kappa shape index (κ2) is 9.14. The molecule has 0 fully saturated rings. The second-order valence-electron chi connectivity index (χ2n) is 7.56. The zero-order chi connectivity index (χ0) is 22.8. The van der Waals surface area contributed by atoms with E-state index in [1.165, 1.54) is 17.6 Å². The molecule has 0 unspecified atom stereocenters. The highest BCUT2D eigenvalue weighted by Crippen LogP contribution is 2.41. The lowest BCUT2D eigenvalue weighted by Crippen LogP contribution is -2.18. The average molecular weight is 467 g/mol. The SMILES string of the molecule is Cc1cc(C)nc(N[C@H](c2cccc(Cl)c2)c2c(NC(=O)c3ccco3)sc(C)c2C)n1. The number of rotatable bonds is 6. The molecule has 3 aromatic heterocycles. The van der Waals surface area contributed by atoms with Crippen LogP contribution in [0.25, 0.3) is 0 Å². The molecule has 1 atom stereocenters. The summed E-state index contributed by atoms with van der Waals surface area (Å²) in [4.78, 5) is 23.0. The van der Waals surface area contributed by atoms with Crippen molar-refractivity contribution in [2.24, 2.45) is 0 Å². The molecule has 8 heteroatoms. The number of benzene rings is 1. The number of anilines is 2. The van der Waals surface area contributed by atoms with Crippen LogP contribution in [-0.4, -0.2) is 15.9 Å². The highest BCUT2D eigenvalue weighted by molar-refractivity contribution is 7.16. The summed E-state index contributed by atoms with van der Waals surface area (Å²) in [6, 6.07) is 12.6. The van der Waals surface area contributed by atoms with Crippen LogP contribution in [0.2, 0.25) is 5.02 Å². The summed E-state index contributed by atoms with van der Waals surface area (Å²) in [5.41, 5.74) is 4.70. The lowest BCUT2D eigenvalue weighted by molar-refractivity contribution is 0.0997. The van der Waals surface area contributed by atoms with Crippen molar-refractivity contribution >= 4 is 39.8 Å². The second-order valence-corrected chi connectivity index (χ2v) is 9.23. The van der Waals surface area contributed by atoms with E-state index in [4.69, 9.17) is 16.0 Å². The summed E-state index contributed by atoms with van der Waals surface area (Å²) in [6.45, 7) is 7.95. The number of aryl methyl sites for hydroxylation is 3. The Bertz CT molecular complexity index is 1250. The lowest BCUT2D eigenvalue weighted by Gasteiger charge is -2.22. The number of nitrogens with zero attached hydrogens (tertiary/aromatic N) is 2.